The zero-order chi connectivity index (χ0) is 12.5. The summed E-state index contributed by atoms with van der Waals surface area (Å²) in [6, 6.07) is 0. The van der Waals surface area contributed by atoms with Gasteiger partial charge in [-0.2, -0.15) is 0 Å². The van der Waals surface area contributed by atoms with E-state index >= 15 is 0 Å². The third-order valence-corrected chi connectivity index (χ3v) is 4.37. The van der Waals surface area contributed by atoms with Crippen molar-refractivity contribution in [1.29, 1.82) is 0 Å². The first-order valence-electron chi connectivity index (χ1n) is 7.04. The fraction of sp³-hybridized carbons (Fsp3) is 0.800. The SMILES string of the molecule is CCc1ncc(C2CCC(C(C)(C)C)CC2)[nH]1. The molecule has 0 unspecified atom stereocenters. The number of hydrogen-bond acceptors (Lipinski definition) is 1. The molecule has 17 heavy (non-hydrogen) atoms. The van der Waals surface area contributed by atoms with Crippen LogP contribution in [0.3, 0.4) is 0 Å². The zero-order valence-electron chi connectivity index (χ0n) is 11.7. The van der Waals surface area contributed by atoms with Gasteiger partial charge in [0, 0.05) is 24.2 Å². The molecule has 0 saturated heterocycles. The summed E-state index contributed by atoms with van der Waals surface area (Å²) >= 11 is 0. The molecule has 0 radical (unpaired) electrons. The van der Waals surface area contributed by atoms with Crippen LogP contribution >= 0.6 is 0 Å². The van der Waals surface area contributed by atoms with Gasteiger partial charge in [0.05, 0.1) is 0 Å². The maximum atomic E-state index is 4.42. The summed E-state index contributed by atoms with van der Waals surface area (Å²) in [5, 5.41) is 0. The number of aryl methyl sites for hydroxylation is 1. The number of imidazole rings is 1. The highest BCUT2D eigenvalue weighted by atomic mass is 14.9. The van der Waals surface area contributed by atoms with Gasteiger partial charge in [-0.15, -0.1) is 0 Å². The molecule has 0 aromatic carbocycles. The first-order valence-corrected chi connectivity index (χ1v) is 7.04. The molecule has 0 atom stereocenters. The Morgan fingerprint density at radius 3 is 2.35 bits per heavy atom. The van der Waals surface area contributed by atoms with Gasteiger partial charge in [-0.3, -0.25) is 0 Å². The fourth-order valence-corrected chi connectivity index (χ4v) is 3.04. The van der Waals surface area contributed by atoms with Gasteiger partial charge in [0.15, 0.2) is 0 Å². The Morgan fingerprint density at radius 1 is 1.24 bits per heavy atom. The molecule has 1 aromatic rings. The molecule has 2 nitrogen and oxygen atoms in total. The van der Waals surface area contributed by atoms with E-state index in [-0.39, 0.29) is 0 Å². The van der Waals surface area contributed by atoms with Crippen molar-refractivity contribution in [2.75, 3.05) is 0 Å². The summed E-state index contributed by atoms with van der Waals surface area (Å²) in [5.74, 6) is 2.76. The van der Waals surface area contributed by atoms with Gasteiger partial charge < -0.3 is 4.98 Å². The van der Waals surface area contributed by atoms with Crippen LogP contribution in [0, 0.1) is 11.3 Å². The molecule has 2 rings (SSSR count). The molecule has 0 amide bonds. The molecule has 0 aliphatic heterocycles. The third-order valence-electron chi connectivity index (χ3n) is 4.37. The molecule has 1 fully saturated rings. The average molecular weight is 234 g/mol. The second kappa shape index (κ2) is 4.83. The first kappa shape index (κ1) is 12.7. The van der Waals surface area contributed by atoms with E-state index in [9.17, 15) is 0 Å². The van der Waals surface area contributed by atoms with Crippen molar-refractivity contribution >= 4 is 0 Å². The van der Waals surface area contributed by atoms with Gasteiger partial charge in [0.25, 0.3) is 0 Å². The lowest BCUT2D eigenvalue weighted by atomic mass is 9.69. The van der Waals surface area contributed by atoms with Gasteiger partial charge in [-0.1, -0.05) is 27.7 Å². The van der Waals surface area contributed by atoms with E-state index in [0.29, 0.717) is 5.41 Å². The second-order valence-electron chi connectivity index (χ2n) is 6.55. The van der Waals surface area contributed by atoms with Gasteiger partial charge in [-0.25, -0.2) is 4.98 Å². The predicted octanol–water partition coefficient (Wildman–Crippen LogP) is 4.29. The number of nitrogens with one attached hydrogen (secondary N) is 1. The van der Waals surface area contributed by atoms with Gasteiger partial charge in [0.1, 0.15) is 5.82 Å². The Kier molecular flexibility index (Phi) is 3.60. The summed E-state index contributed by atoms with van der Waals surface area (Å²) in [4.78, 5) is 7.90. The van der Waals surface area contributed by atoms with E-state index in [0.717, 1.165) is 24.1 Å². The maximum absolute atomic E-state index is 4.42. The van der Waals surface area contributed by atoms with Crippen LogP contribution in [0.2, 0.25) is 0 Å². The predicted molar refractivity (Wildman–Crippen MR) is 72.1 cm³/mol. The third kappa shape index (κ3) is 2.91. The highest BCUT2D eigenvalue weighted by Crippen LogP contribution is 2.42. The van der Waals surface area contributed by atoms with Crippen LogP contribution in [0.4, 0.5) is 0 Å². The number of nitrogens with zero attached hydrogens (tertiary/aromatic N) is 1. The van der Waals surface area contributed by atoms with Crippen LogP contribution in [-0.2, 0) is 6.42 Å². The van der Waals surface area contributed by atoms with Crippen LogP contribution in [0.5, 0.6) is 0 Å². The average Bonchev–Trinajstić information content (AvgIpc) is 2.76. The Labute approximate surface area is 105 Å². The molecular weight excluding hydrogens is 208 g/mol. The zero-order valence-corrected chi connectivity index (χ0v) is 11.7. The van der Waals surface area contributed by atoms with Crippen LogP contribution < -0.4 is 0 Å². The number of hydrogen-bond donors (Lipinski definition) is 1. The fourth-order valence-electron chi connectivity index (χ4n) is 3.04. The van der Waals surface area contributed by atoms with Gasteiger partial charge in [0.2, 0.25) is 0 Å². The molecular formula is C15H26N2. The smallest absolute Gasteiger partial charge is 0.105 e. The maximum Gasteiger partial charge on any atom is 0.105 e. The van der Waals surface area contributed by atoms with Crippen molar-refractivity contribution in [3.05, 3.63) is 17.7 Å². The van der Waals surface area contributed by atoms with E-state index in [1.54, 1.807) is 0 Å². The summed E-state index contributed by atoms with van der Waals surface area (Å²) in [6.45, 7) is 9.29. The largest absolute Gasteiger partial charge is 0.346 e. The lowest BCUT2D eigenvalue weighted by Crippen LogP contribution is -2.25. The van der Waals surface area contributed by atoms with Crippen LogP contribution in [0.1, 0.15) is 70.8 Å². The standard InChI is InChI=1S/C15H26N2/c1-5-14-16-10-13(17-14)11-6-8-12(9-7-11)15(2,3)4/h10-12H,5-9H2,1-4H3,(H,16,17). The van der Waals surface area contributed by atoms with Crippen molar-refractivity contribution in [3.8, 4) is 0 Å². The van der Waals surface area contributed by atoms with Crippen molar-refractivity contribution in [1.82, 2.24) is 9.97 Å². The van der Waals surface area contributed by atoms with Gasteiger partial charge >= 0.3 is 0 Å². The Balaban J connectivity index is 1.95. The van der Waals surface area contributed by atoms with Crippen molar-refractivity contribution in [2.45, 2.75) is 65.7 Å². The summed E-state index contributed by atoms with van der Waals surface area (Å²) < 4.78 is 0. The summed E-state index contributed by atoms with van der Waals surface area (Å²) in [5.41, 5.74) is 1.85. The molecule has 1 aromatic heterocycles. The van der Waals surface area contributed by atoms with Crippen molar-refractivity contribution in [2.24, 2.45) is 11.3 Å². The highest BCUT2D eigenvalue weighted by molar-refractivity contribution is 5.09. The molecule has 1 saturated carbocycles. The lowest BCUT2D eigenvalue weighted by Gasteiger charge is -2.36. The lowest BCUT2D eigenvalue weighted by molar-refractivity contribution is 0.168. The van der Waals surface area contributed by atoms with Crippen molar-refractivity contribution < 1.29 is 0 Å². The van der Waals surface area contributed by atoms with E-state index in [1.165, 1.54) is 31.4 Å². The van der Waals surface area contributed by atoms with Crippen molar-refractivity contribution in [3.63, 3.8) is 0 Å². The highest BCUT2D eigenvalue weighted by Gasteiger charge is 2.30. The molecule has 1 heterocycles. The molecule has 0 bridgehead atoms. The first-order chi connectivity index (χ1) is 8.00. The van der Waals surface area contributed by atoms with Crippen LogP contribution in [0.15, 0.2) is 6.20 Å². The molecule has 2 heteroatoms. The Morgan fingerprint density at radius 2 is 1.88 bits per heavy atom. The van der Waals surface area contributed by atoms with Crippen LogP contribution in [-0.4, -0.2) is 9.97 Å². The normalized spacial score (nSPS) is 26.1. The minimum absolute atomic E-state index is 0.480. The number of H-pyrrole nitrogens is 1. The van der Waals surface area contributed by atoms with E-state index in [2.05, 4.69) is 43.9 Å². The minimum Gasteiger partial charge on any atom is -0.346 e. The quantitative estimate of drug-likeness (QED) is 0.812. The van der Waals surface area contributed by atoms with E-state index < -0.39 is 0 Å². The molecule has 96 valence electrons. The second-order valence-corrected chi connectivity index (χ2v) is 6.55. The number of aromatic amines is 1. The monoisotopic (exact) mass is 234 g/mol. The Hall–Kier alpha value is -0.790. The van der Waals surface area contributed by atoms with E-state index in [1.807, 2.05) is 0 Å². The summed E-state index contributed by atoms with van der Waals surface area (Å²) in [7, 11) is 0. The minimum atomic E-state index is 0.480. The topological polar surface area (TPSA) is 28.7 Å². The molecule has 1 aliphatic rings. The molecule has 1 aliphatic carbocycles. The molecule has 1 N–H and O–H groups in total. The number of rotatable bonds is 2. The number of aromatic nitrogens is 2. The van der Waals surface area contributed by atoms with Crippen LogP contribution in [0.25, 0.3) is 0 Å². The van der Waals surface area contributed by atoms with Gasteiger partial charge in [-0.05, 0) is 37.0 Å². The summed E-state index contributed by atoms with van der Waals surface area (Å²) in [6.07, 6.45) is 8.46. The molecule has 0 spiro atoms. The van der Waals surface area contributed by atoms with E-state index in [4.69, 9.17) is 0 Å². The Bertz CT molecular complexity index is 351.